The number of carbonyl (C=O) groups is 1. The fraction of sp³-hybridized carbons (Fsp3) is 0.0870. The molecule has 9 heteroatoms. The molecule has 0 spiro atoms. The van der Waals surface area contributed by atoms with Gasteiger partial charge in [0.05, 0.1) is 24.8 Å². The third-order valence-electron chi connectivity index (χ3n) is 4.70. The van der Waals surface area contributed by atoms with E-state index in [4.69, 9.17) is 13.6 Å². The van der Waals surface area contributed by atoms with Crippen molar-refractivity contribution < 1.29 is 26.8 Å². The van der Waals surface area contributed by atoms with E-state index in [1.807, 2.05) is 0 Å². The Labute approximate surface area is 193 Å². The SMILES string of the molecule is COc1ccc(N(Cc2ccco2)C(=O)c2ccc(S(=O)(=O)c3ccc(Br)cc3)o2)cc1. The van der Waals surface area contributed by atoms with Crippen LogP contribution in [0.25, 0.3) is 0 Å². The molecule has 0 N–H and O–H groups in total. The zero-order valence-electron chi connectivity index (χ0n) is 16.9. The standard InChI is InChI=1S/C23H18BrNO6S/c1-29-18-8-6-17(7-9-18)25(15-19-3-2-14-30-19)23(26)21-12-13-22(31-21)32(27,28)20-10-4-16(24)5-11-20/h2-14H,15H2,1H3. The Hall–Kier alpha value is -3.30. The van der Waals surface area contributed by atoms with Gasteiger partial charge in [-0.25, -0.2) is 8.42 Å². The number of sulfone groups is 1. The second kappa shape index (κ2) is 9.05. The zero-order valence-corrected chi connectivity index (χ0v) is 19.3. The summed E-state index contributed by atoms with van der Waals surface area (Å²) >= 11 is 3.28. The normalized spacial score (nSPS) is 11.3. The van der Waals surface area contributed by atoms with Crippen molar-refractivity contribution in [2.75, 3.05) is 12.0 Å². The van der Waals surface area contributed by atoms with Crippen molar-refractivity contribution in [1.29, 1.82) is 0 Å². The molecule has 4 rings (SSSR count). The van der Waals surface area contributed by atoms with Crippen molar-refractivity contribution in [3.8, 4) is 5.75 Å². The van der Waals surface area contributed by atoms with E-state index < -0.39 is 15.7 Å². The van der Waals surface area contributed by atoms with E-state index in [0.717, 1.165) is 4.47 Å². The van der Waals surface area contributed by atoms with Crippen LogP contribution >= 0.6 is 15.9 Å². The molecule has 0 aliphatic rings. The summed E-state index contributed by atoms with van der Waals surface area (Å²) in [4.78, 5) is 14.8. The van der Waals surface area contributed by atoms with Gasteiger partial charge in [0.25, 0.3) is 5.91 Å². The first-order chi connectivity index (χ1) is 15.4. The molecule has 0 atom stereocenters. The average Bonchev–Trinajstić information content (AvgIpc) is 3.50. The quantitative estimate of drug-likeness (QED) is 0.330. The fourth-order valence-corrected chi connectivity index (χ4v) is 4.48. The summed E-state index contributed by atoms with van der Waals surface area (Å²) in [6, 6.07) is 19.2. The van der Waals surface area contributed by atoms with Crippen molar-refractivity contribution in [2.45, 2.75) is 16.5 Å². The van der Waals surface area contributed by atoms with Crippen LogP contribution in [0.5, 0.6) is 5.75 Å². The molecule has 0 aliphatic carbocycles. The Morgan fingerprint density at radius 2 is 1.72 bits per heavy atom. The summed E-state index contributed by atoms with van der Waals surface area (Å²) in [5.74, 6) is 0.579. The van der Waals surface area contributed by atoms with Crippen LogP contribution < -0.4 is 9.64 Å². The minimum Gasteiger partial charge on any atom is -0.497 e. The number of halogens is 1. The number of furan rings is 2. The molecule has 7 nitrogen and oxygen atoms in total. The lowest BCUT2D eigenvalue weighted by atomic mass is 10.2. The van der Waals surface area contributed by atoms with E-state index in [1.54, 1.807) is 55.6 Å². The summed E-state index contributed by atoms with van der Waals surface area (Å²) in [6.07, 6.45) is 1.52. The van der Waals surface area contributed by atoms with Gasteiger partial charge in [-0.05, 0) is 72.8 Å². The number of anilines is 1. The van der Waals surface area contributed by atoms with Gasteiger partial charge in [0, 0.05) is 10.2 Å². The number of ether oxygens (including phenoxy) is 1. The monoisotopic (exact) mass is 515 g/mol. The van der Waals surface area contributed by atoms with Gasteiger partial charge < -0.3 is 13.6 Å². The maximum absolute atomic E-state index is 13.3. The molecule has 4 aromatic rings. The topological polar surface area (TPSA) is 90.0 Å². The Bertz CT molecular complexity index is 1310. The van der Waals surface area contributed by atoms with E-state index in [-0.39, 0.29) is 22.3 Å². The predicted molar refractivity (Wildman–Crippen MR) is 121 cm³/mol. The fourth-order valence-electron chi connectivity index (χ4n) is 3.04. The van der Waals surface area contributed by atoms with Crippen LogP contribution in [0.3, 0.4) is 0 Å². The maximum atomic E-state index is 13.3. The lowest BCUT2D eigenvalue weighted by Crippen LogP contribution is -2.30. The van der Waals surface area contributed by atoms with Gasteiger partial charge in [-0.1, -0.05) is 15.9 Å². The molecule has 2 aromatic carbocycles. The van der Waals surface area contributed by atoms with Crippen LogP contribution in [0.4, 0.5) is 5.69 Å². The van der Waals surface area contributed by atoms with Crippen molar-refractivity contribution >= 4 is 37.4 Å². The molecular weight excluding hydrogens is 498 g/mol. The zero-order chi connectivity index (χ0) is 22.7. The first-order valence-electron chi connectivity index (χ1n) is 9.47. The van der Waals surface area contributed by atoms with Gasteiger partial charge >= 0.3 is 0 Å². The Kier molecular flexibility index (Phi) is 6.20. The van der Waals surface area contributed by atoms with Gasteiger partial charge in [0.1, 0.15) is 11.5 Å². The van der Waals surface area contributed by atoms with E-state index in [9.17, 15) is 13.2 Å². The summed E-state index contributed by atoms with van der Waals surface area (Å²) in [7, 11) is -2.36. The van der Waals surface area contributed by atoms with Gasteiger partial charge in [-0.15, -0.1) is 0 Å². The summed E-state index contributed by atoms with van der Waals surface area (Å²) in [5, 5.41) is -0.309. The van der Waals surface area contributed by atoms with Gasteiger partial charge in [-0.2, -0.15) is 0 Å². The molecule has 164 valence electrons. The third-order valence-corrected chi connectivity index (χ3v) is 6.87. The largest absolute Gasteiger partial charge is 0.497 e. The van der Waals surface area contributed by atoms with Crippen molar-refractivity contribution in [2.24, 2.45) is 0 Å². The van der Waals surface area contributed by atoms with Crippen LogP contribution in [0.1, 0.15) is 16.3 Å². The van der Waals surface area contributed by atoms with Gasteiger partial charge in [0.2, 0.25) is 14.9 Å². The molecule has 2 aromatic heterocycles. The molecule has 0 bridgehead atoms. The number of hydrogen-bond donors (Lipinski definition) is 0. The first-order valence-corrected chi connectivity index (χ1v) is 11.7. The van der Waals surface area contributed by atoms with Crippen molar-refractivity contribution in [3.05, 3.63) is 95.1 Å². The lowest BCUT2D eigenvalue weighted by Gasteiger charge is -2.21. The van der Waals surface area contributed by atoms with Crippen LogP contribution in [-0.4, -0.2) is 21.4 Å². The van der Waals surface area contributed by atoms with Crippen molar-refractivity contribution in [1.82, 2.24) is 0 Å². The molecule has 1 amide bonds. The molecule has 0 fully saturated rings. The van der Waals surface area contributed by atoms with E-state index >= 15 is 0 Å². The second-order valence-corrected chi connectivity index (χ2v) is 9.54. The Morgan fingerprint density at radius 1 is 1.00 bits per heavy atom. The number of nitrogens with zero attached hydrogens (tertiary/aromatic N) is 1. The Balaban J connectivity index is 1.66. The average molecular weight is 516 g/mol. The lowest BCUT2D eigenvalue weighted by molar-refractivity contribution is 0.0951. The van der Waals surface area contributed by atoms with Crippen LogP contribution in [-0.2, 0) is 16.4 Å². The minimum absolute atomic E-state index is 0.0663. The number of methoxy groups -OCH3 is 1. The van der Waals surface area contributed by atoms with Gasteiger partial charge in [-0.3, -0.25) is 9.69 Å². The highest BCUT2D eigenvalue weighted by molar-refractivity contribution is 9.10. The molecule has 0 saturated heterocycles. The Morgan fingerprint density at radius 3 is 2.34 bits per heavy atom. The highest BCUT2D eigenvalue weighted by Crippen LogP contribution is 2.27. The smallest absolute Gasteiger partial charge is 0.294 e. The third kappa shape index (κ3) is 4.49. The molecule has 0 saturated carbocycles. The molecule has 2 heterocycles. The first kappa shape index (κ1) is 21.9. The number of amides is 1. The highest BCUT2D eigenvalue weighted by Gasteiger charge is 2.27. The molecule has 32 heavy (non-hydrogen) atoms. The minimum atomic E-state index is -3.91. The number of rotatable bonds is 7. The number of carbonyl (C=O) groups excluding carboxylic acids is 1. The molecule has 0 radical (unpaired) electrons. The van der Waals surface area contributed by atoms with Gasteiger partial charge in [0.15, 0.2) is 5.76 Å². The van der Waals surface area contributed by atoms with E-state index in [2.05, 4.69) is 15.9 Å². The van der Waals surface area contributed by atoms with Crippen LogP contribution in [0.2, 0.25) is 0 Å². The molecule has 0 aliphatic heterocycles. The van der Waals surface area contributed by atoms with Crippen LogP contribution in [0, 0.1) is 0 Å². The summed E-state index contributed by atoms with van der Waals surface area (Å²) in [5.41, 5.74) is 0.570. The van der Waals surface area contributed by atoms with Crippen molar-refractivity contribution in [3.63, 3.8) is 0 Å². The van der Waals surface area contributed by atoms with E-state index in [1.165, 1.54) is 35.4 Å². The number of hydrogen-bond acceptors (Lipinski definition) is 6. The predicted octanol–water partition coefficient (Wildman–Crippen LogP) is 5.32. The summed E-state index contributed by atoms with van der Waals surface area (Å²) in [6.45, 7) is 0.133. The van der Waals surface area contributed by atoms with Crippen LogP contribution in [0.15, 0.2) is 102 Å². The highest BCUT2D eigenvalue weighted by atomic mass is 79.9. The molecule has 0 unspecified atom stereocenters. The van der Waals surface area contributed by atoms with E-state index in [0.29, 0.717) is 17.2 Å². The maximum Gasteiger partial charge on any atom is 0.294 e. The summed E-state index contributed by atoms with van der Waals surface area (Å²) < 4.78 is 42.6. The second-order valence-electron chi connectivity index (χ2n) is 6.74. The molecular formula is C23H18BrNO6S. The number of benzene rings is 2.